The van der Waals surface area contributed by atoms with E-state index < -0.39 is 0 Å². The highest BCUT2D eigenvalue weighted by atomic mass is 14.2. The smallest absolute Gasteiger partial charge is 0.00261 e. The van der Waals surface area contributed by atoms with Crippen LogP contribution in [0.25, 0.3) is 109 Å². The minimum atomic E-state index is 1.23. The van der Waals surface area contributed by atoms with Crippen molar-refractivity contribution in [3.8, 4) is 44.5 Å². The first-order valence-electron chi connectivity index (χ1n) is 18.8. The van der Waals surface area contributed by atoms with Crippen molar-refractivity contribution in [2.45, 2.75) is 0 Å². The number of hydrogen-bond donors (Lipinski definition) is 0. The van der Waals surface area contributed by atoms with Crippen LogP contribution >= 0.6 is 0 Å². The highest BCUT2D eigenvalue weighted by Gasteiger charge is 2.19. The summed E-state index contributed by atoms with van der Waals surface area (Å²) in [4.78, 5) is 0. The van der Waals surface area contributed by atoms with E-state index >= 15 is 0 Å². The lowest BCUT2D eigenvalue weighted by atomic mass is 9.84. The lowest BCUT2D eigenvalue weighted by Crippen LogP contribution is -1.92. The predicted octanol–water partition coefficient (Wildman–Crippen LogP) is 15.3. The molecule has 11 aromatic rings. The third-order valence-corrected chi connectivity index (χ3v) is 11.4. The third-order valence-electron chi connectivity index (χ3n) is 11.4. The zero-order chi connectivity index (χ0) is 35.6. The maximum atomic E-state index is 2.43. The standard InChI is InChI=1S/C54H34/c1-2-15-36(16-3-1)41-30-31-46(43-19-7-6-18-42(41)43)52-33-38-27-29-40(34-51(38)44-20-8-9-21-45(44)52)54-49-24-12-10-22-47(49)53(48-23-11-13-25-50(48)54)39-28-26-35-14-4-5-17-37(35)32-39/h1-34H. The van der Waals surface area contributed by atoms with Gasteiger partial charge in [0, 0.05) is 0 Å². The quantitative estimate of drug-likeness (QED) is 0.128. The Morgan fingerprint density at radius 2 is 0.630 bits per heavy atom. The zero-order valence-corrected chi connectivity index (χ0v) is 29.6. The second-order valence-electron chi connectivity index (χ2n) is 14.4. The summed E-state index contributed by atoms with van der Waals surface area (Å²) >= 11 is 0. The van der Waals surface area contributed by atoms with Crippen LogP contribution in [0.4, 0.5) is 0 Å². The molecule has 0 heterocycles. The number of hydrogen-bond acceptors (Lipinski definition) is 0. The molecule has 250 valence electrons. The maximum absolute atomic E-state index is 2.43. The van der Waals surface area contributed by atoms with Gasteiger partial charge in [-0.2, -0.15) is 0 Å². The summed E-state index contributed by atoms with van der Waals surface area (Å²) in [5, 5.41) is 15.2. The van der Waals surface area contributed by atoms with Gasteiger partial charge in [-0.25, -0.2) is 0 Å². The van der Waals surface area contributed by atoms with E-state index in [9.17, 15) is 0 Å². The van der Waals surface area contributed by atoms with Crippen LogP contribution in [-0.4, -0.2) is 0 Å². The van der Waals surface area contributed by atoms with Gasteiger partial charge in [-0.1, -0.05) is 188 Å². The van der Waals surface area contributed by atoms with Crippen LogP contribution in [0, 0.1) is 0 Å². The second kappa shape index (κ2) is 12.3. The first kappa shape index (κ1) is 30.6. The summed E-state index contributed by atoms with van der Waals surface area (Å²) in [6, 6.07) is 76.1. The molecule has 11 rings (SSSR count). The minimum Gasteiger partial charge on any atom is -0.0622 e. The molecule has 0 N–H and O–H groups in total. The summed E-state index contributed by atoms with van der Waals surface area (Å²) < 4.78 is 0. The first-order valence-corrected chi connectivity index (χ1v) is 18.8. The molecule has 0 unspecified atom stereocenters. The van der Waals surface area contributed by atoms with Crippen LogP contribution in [0.2, 0.25) is 0 Å². The molecule has 0 amide bonds. The van der Waals surface area contributed by atoms with Crippen molar-refractivity contribution >= 4 is 64.6 Å². The van der Waals surface area contributed by atoms with Gasteiger partial charge in [0.15, 0.2) is 0 Å². The van der Waals surface area contributed by atoms with Crippen molar-refractivity contribution in [3.05, 3.63) is 206 Å². The van der Waals surface area contributed by atoms with Crippen molar-refractivity contribution in [3.63, 3.8) is 0 Å². The summed E-state index contributed by atoms with van der Waals surface area (Å²) in [5.41, 5.74) is 10.1. The Kier molecular flexibility index (Phi) is 6.97. The van der Waals surface area contributed by atoms with Crippen molar-refractivity contribution in [1.82, 2.24) is 0 Å². The third kappa shape index (κ3) is 4.78. The van der Waals surface area contributed by atoms with Crippen LogP contribution in [0.1, 0.15) is 0 Å². The fourth-order valence-electron chi connectivity index (χ4n) is 8.98. The summed E-state index contributed by atoms with van der Waals surface area (Å²) in [6.07, 6.45) is 0. The Morgan fingerprint density at radius 1 is 0.185 bits per heavy atom. The van der Waals surface area contributed by atoms with Gasteiger partial charge in [0.1, 0.15) is 0 Å². The van der Waals surface area contributed by atoms with E-state index in [1.54, 1.807) is 0 Å². The summed E-state index contributed by atoms with van der Waals surface area (Å²) in [5.74, 6) is 0. The fraction of sp³-hybridized carbons (Fsp3) is 0. The number of rotatable bonds is 4. The zero-order valence-electron chi connectivity index (χ0n) is 29.6. The van der Waals surface area contributed by atoms with Gasteiger partial charge in [-0.05, 0) is 127 Å². The SMILES string of the molecule is c1ccc(-c2ccc(-c3cc4ccc(-c5c6ccccc6c(-c6ccc7ccccc7c6)c6ccccc56)cc4c4ccccc34)c3ccccc23)cc1. The molecule has 0 bridgehead atoms. The molecule has 0 radical (unpaired) electrons. The second-order valence-corrected chi connectivity index (χ2v) is 14.4. The summed E-state index contributed by atoms with van der Waals surface area (Å²) in [7, 11) is 0. The molecule has 0 nitrogen and oxygen atoms in total. The monoisotopic (exact) mass is 682 g/mol. The molecule has 0 aliphatic rings. The molecule has 0 saturated heterocycles. The van der Waals surface area contributed by atoms with E-state index in [4.69, 9.17) is 0 Å². The van der Waals surface area contributed by atoms with Gasteiger partial charge >= 0.3 is 0 Å². The van der Waals surface area contributed by atoms with Crippen LogP contribution < -0.4 is 0 Å². The van der Waals surface area contributed by atoms with Crippen molar-refractivity contribution in [1.29, 1.82) is 0 Å². The molecule has 0 atom stereocenters. The van der Waals surface area contributed by atoms with Gasteiger partial charge in [-0.3, -0.25) is 0 Å². The molecule has 0 fully saturated rings. The van der Waals surface area contributed by atoms with Crippen LogP contribution in [-0.2, 0) is 0 Å². The molecule has 0 aliphatic carbocycles. The Morgan fingerprint density at radius 3 is 1.26 bits per heavy atom. The molecule has 0 aliphatic heterocycles. The van der Waals surface area contributed by atoms with E-state index in [0.29, 0.717) is 0 Å². The molecule has 0 spiro atoms. The molecule has 11 aromatic carbocycles. The highest BCUT2D eigenvalue weighted by molar-refractivity contribution is 6.23. The predicted molar refractivity (Wildman–Crippen MR) is 233 cm³/mol. The largest absolute Gasteiger partial charge is 0.0622 e. The van der Waals surface area contributed by atoms with Gasteiger partial charge < -0.3 is 0 Å². The van der Waals surface area contributed by atoms with Crippen molar-refractivity contribution in [2.75, 3.05) is 0 Å². The number of benzene rings is 11. The molecular weight excluding hydrogens is 649 g/mol. The Balaban J connectivity index is 1.14. The average molecular weight is 683 g/mol. The minimum absolute atomic E-state index is 1.23. The van der Waals surface area contributed by atoms with Crippen molar-refractivity contribution in [2.24, 2.45) is 0 Å². The molecule has 0 heteroatoms. The Labute approximate surface area is 314 Å². The fourth-order valence-corrected chi connectivity index (χ4v) is 8.98. The van der Waals surface area contributed by atoms with Crippen LogP contribution in [0.5, 0.6) is 0 Å². The highest BCUT2D eigenvalue weighted by Crippen LogP contribution is 2.46. The Hall–Kier alpha value is -7.02. The van der Waals surface area contributed by atoms with E-state index in [0.717, 1.165) is 0 Å². The Bertz CT molecular complexity index is 3200. The van der Waals surface area contributed by atoms with Crippen LogP contribution in [0.3, 0.4) is 0 Å². The topological polar surface area (TPSA) is 0 Å². The van der Waals surface area contributed by atoms with E-state index in [1.807, 2.05) is 0 Å². The van der Waals surface area contributed by atoms with E-state index in [2.05, 4.69) is 206 Å². The maximum Gasteiger partial charge on any atom is -0.00261 e. The molecule has 54 heavy (non-hydrogen) atoms. The normalized spacial score (nSPS) is 11.7. The van der Waals surface area contributed by atoms with Gasteiger partial charge in [0.05, 0.1) is 0 Å². The van der Waals surface area contributed by atoms with Crippen molar-refractivity contribution < 1.29 is 0 Å². The summed E-state index contributed by atoms with van der Waals surface area (Å²) in [6.45, 7) is 0. The lowest BCUT2D eigenvalue weighted by molar-refractivity contribution is 1.64. The molecular formula is C54H34. The average Bonchev–Trinajstić information content (AvgIpc) is 3.25. The first-order chi connectivity index (χ1) is 26.8. The molecule has 0 saturated carbocycles. The number of fused-ring (bicyclic) bond motifs is 7. The van der Waals surface area contributed by atoms with Crippen LogP contribution in [0.15, 0.2) is 206 Å². The molecule has 0 aromatic heterocycles. The van der Waals surface area contributed by atoms with E-state index in [1.165, 1.54) is 109 Å². The van der Waals surface area contributed by atoms with Gasteiger partial charge in [0.25, 0.3) is 0 Å². The van der Waals surface area contributed by atoms with Gasteiger partial charge in [0.2, 0.25) is 0 Å². The van der Waals surface area contributed by atoms with E-state index in [-0.39, 0.29) is 0 Å². The lowest BCUT2D eigenvalue weighted by Gasteiger charge is -2.19. The van der Waals surface area contributed by atoms with Gasteiger partial charge in [-0.15, -0.1) is 0 Å².